The third kappa shape index (κ3) is 4.42. The van der Waals surface area contributed by atoms with Gasteiger partial charge in [-0.2, -0.15) is 0 Å². The van der Waals surface area contributed by atoms with Crippen LogP contribution < -0.4 is 15.5 Å². The zero-order chi connectivity index (χ0) is 18.7. The van der Waals surface area contributed by atoms with Gasteiger partial charge in [0.1, 0.15) is 0 Å². The second kappa shape index (κ2) is 7.88. The van der Waals surface area contributed by atoms with Crippen molar-refractivity contribution in [1.29, 1.82) is 0 Å². The van der Waals surface area contributed by atoms with Crippen molar-refractivity contribution in [2.75, 3.05) is 48.8 Å². The Labute approximate surface area is 158 Å². The van der Waals surface area contributed by atoms with E-state index in [1.165, 1.54) is 0 Å². The summed E-state index contributed by atoms with van der Waals surface area (Å²) >= 11 is 5.94. The lowest BCUT2D eigenvalue weighted by molar-refractivity contribution is 0.262. The number of aryl methyl sites for hydroxylation is 2. The summed E-state index contributed by atoms with van der Waals surface area (Å²) in [5.41, 5.74) is 2.74. The maximum absolute atomic E-state index is 12.3. The SMILES string of the molecule is Cc1nc(N2CCN(C)CC2)nc(C)c1NC(=O)Nc1cccc(Cl)c1. The fourth-order valence-electron chi connectivity index (χ4n) is 2.87. The van der Waals surface area contributed by atoms with Crippen LogP contribution in [-0.2, 0) is 0 Å². The Hall–Kier alpha value is -2.38. The molecule has 8 heteroatoms. The summed E-state index contributed by atoms with van der Waals surface area (Å²) in [6, 6.07) is 6.65. The number of hydrogen-bond acceptors (Lipinski definition) is 5. The molecule has 0 saturated carbocycles. The first kappa shape index (κ1) is 18.4. The van der Waals surface area contributed by atoms with E-state index < -0.39 is 0 Å². The lowest BCUT2D eigenvalue weighted by Gasteiger charge is -2.32. The molecule has 0 spiro atoms. The van der Waals surface area contributed by atoms with Gasteiger partial charge in [-0.1, -0.05) is 17.7 Å². The quantitative estimate of drug-likeness (QED) is 0.863. The lowest BCUT2D eigenvalue weighted by atomic mass is 10.2. The van der Waals surface area contributed by atoms with Crippen molar-refractivity contribution in [1.82, 2.24) is 14.9 Å². The second-order valence-electron chi connectivity index (χ2n) is 6.45. The van der Waals surface area contributed by atoms with Crippen molar-refractivity contribution in [3.8, 4) is 0 Å². The molecule has 2 N–H and O–H groups in total. The van der Waals surface area contributed by atoms with Crippen LogP contribution in [0.4, 0.5) is 22.1 Å². The Morgan fingerprint density at radius 3 is 2.35 bits per heavy atom. The molecule has 1 aliphatic heterocycles. The van der Waals surface area contributed by atoms with E-state index >= 15 is 0 Å². The van der Waals surface area contributed by atoms with Crippen LogP contribution in [0.2, 0.25) is 5.02 Å². The summed E-state index contributed by atoms with van der Waals surface area (Å²) in [4.78, 5) is 25.9. The monoisotopic (exact) mass is 374 g/mol. The normalized spacial score (nSPS) is 15.0. The van der Waals surface area contributed by atoms with Crippen molar-refractivity contribution < 1.29 is 4.79 Å². The third-order valence-corrected chi connectivity index (χ3v) is 4.60. The number of aromatic nitrogens is 2. The fourth-order valence-corrected chi connectivity index (χ4v) is 3.06. The maximum atomic E-state index is 12.3. The summed E-state index contributed by atoms with van der Waals surface area (Å²) in [6.45, 7) is 7.54. The number of nitrogens with zero attached hydrogens (tertiary/aromatic N) is 4. The number of amides is 2. The van der Waals surface area contributed by atoms with Crippen LogP contribution in [0.5, 0.6) is 0 Å². The molecule has 0 radical (unpaired) electrons. The highest BCUT2D eigenvalue weighted by atomic mass is 35.5. The number of benzene rings is 1. The number of nitrogens with one attached hydrogen (secondary N) is 2. The molecular weight excluding hydrogens is 352 g/mol. The molecule has 1 aromatic carbocycles. The highest BCUT2D eigenvalue weighted by Crippen LogP contribution is 2.22. The first-order valence-corrected chi connectivity index (χ1v) is 8.92. The average molecular weight is 375 g/mol. The number of hydrogen-bond donors (Lipinski definition) is 2. The molecule has 7 nitrogen and oxygen atoms in total. The number of halogens is 1. The lowest BCUT2D eigenvalue weighted by Crippen LogP contribution is -2.45. The van der Waals surface area contributed by atoms with Crippen LogP contribution in [-0.4, -0.2) is 54.1 Å². The molecule has 138 valence electrons. The minimum atomic E-state index is -0.352. The summed E-state index contributed by atoms with van der Waals surface area (Å²) in [5, 5.41) is 6.17. The standard InChI is InChI=1S/C18H23ClN6O/c1-12-16(23-18(26)22-15-6-4-5-14(19)11-15)13(2)21-17(20-12)25-9-7-24(3)8-10-25/h4-6,11H,7-10H2,1-3H3,(H2,22,23,26). The number of carbonyl (C=O) groups excluding carboxylic acids is 1. The second-order valence-corrected chi connectivity index (χ2v) is 6.89. The minimum absolute atomic E-state index is 0.352. The van der Waals surface area contributed by atoms with Gasteiger partial charge in [-0.3, -0.25) is 0 Å². The van der Waals surface area contributed by atoms with Crippen molar-refractivity contribution in [2.24, 2.45) is 0 Å². The van der Waals surface area contributed by atoms with Gasteiger partial charge >= 0.3 is 6.03 Å². The molecular formula is C18H23ClN6O. The van der Waals surface area contributed by atoms with Gasteiger partial charge in [-0.25, -0.2) is 14.8 Å². The van der Waals surface area contributed by atoms with E-state index in [0.717, 1.165) is 37.6 Å². The van der Waals surface area contributed by atoms with E-state index in [-0.39, 0.29) is 6.03 Å². The van der Waals surface area contributed by atoms with Gasteiger partial charge in [-0.05, 0) is 39.1 Å². The molecule has 1 fully saturated rings. The van der Waals surface area contributed by atoms with E-state index in [9.17, 15) is 4.79 Å². The van der Waals surface area contributed by atoms with Crippen molar-refractivity contribution in [3.63, 3.8) is 0 Å². The Balaban J connectivity index is 1.71. The molecule has 2 heterocycles. The molecule has 26 heavy (non-hydrogen) atoms. The Morgan fingerprint density at radius 1 is 1.08 bits per heavy atom. The van der Waals surface area contributed by atoms with Gasteiger partial charge in [-0.15, -0.1) is 0 Å². The predicted octanol–water partition coefficient (Wildman–Crippen LogP) is 3.14. The minimum Gasteiger partial charge on any atom is -0.338 e. The number of urea groups is 1. The van der Waals surface area contributed by atoms with E-state index in [0.29, 0.717) is 22.3 Å². The number of likely N-dealkylation sites (N-methyl/N-ethyl adjacent to an activating group) is 1. The predicted molar refractivity (Wildman–Crippen MR) is 105 cm³/mol. The van der Waals surface area contributed by atoms with Crippen LogP contribution in [0.3, 0.4) is 0 Å². The van der Waals surface area contributed by atoms with Crippen LogP contribution in [0, 0.1) is 13.8 Å². The van der Waals surface area contributed by atoms with Gasteiger partial charge in [0.2, 0.25) is 5.95 Å². The Kier molecular flexibility index (Phi) is 5.58. The van der Waals surface area contributed by atoms with Crippen LogP contribution >= 0.6 is 11.6 Å². The molecule has 2 aromatic rings. The Bertz CT molecular complexity index is 781. The summed E-state index contributed by atoms with van der Waals surface area (Å²) in [5.74, 6) is 0.717. The molecule has 0 bridgehead atoms. The first-order valence-electron chi connectivity index (χ1n) is 8.54. The van der Waals surface area contributed by atoms with E-state index in [2.05, 4.69) is 37.4 Å². The van der Waals surface area contributed by atoms with Gasteiger partial charge in [0, 0.05) is 36.9 Å². The summed E-state index contributed by atoms with van der Waals surface area (Å²) in [6.07, 6.45) is 0. The largest absolute Gasteiger partial charge is 0.338 e. The third-order valence-electron chi connectivity index (χ3n) is 4.37. The van der Waals surface area contributed by atoms with Gasteiger partial charge in [0.25, 0.3) is 0 Å². The average Bonchev–Trinajstić information content (AvgIpc) is 2.58. The molecule has 0 atom stereocenters. The van der Waals surface area contributed by atoms with E-state index in [1.807, 2.05) is 13.8 Å². The number of carbonyl (C=O) groups is 1. The maximum Gasteiger partial charge on any atom is 0.323 e. The molecule has 0 unspecified atom stereocenters. The first-order chi connectivity index (χ1) is 12.4. The molecule has 1 saturated heterocycles. The topological polar surface area (TPSA) is 73.4 Å². The summed E-state index contributed by atoms with van der Waals surface area (Å²) < 4.78 is 0. The highest BCUT2D eigenvalue weighted by molar-refractivity contribution is 6.30. The number of piperazine rings is 1. The van der Waals surface area contributed by atoms with Crippen molar-refractivity contribution >= 4 is 35.0 Å². The molecule has 1 aromatic heterocycles. The molecule has 0 aliphatic carbocycles. The van der Waals surface area contributed by atoms with E-state index in [4.69, 9.17) is 11.6 Å². The smallest absolute Gasteiger partial charge is 0.323 e. The highest BCUT2D eigenvalue weighted by Gasteiger charge is 2.19. The van der Waals surface area contributed by atoms with Crippen LogP contribution in [0.25, 0.3) is 0 Å². The van der Waals surface area contributed by atoms with Gasteiger partial charge in [0.15, 0.2) is 0 Å². The molecule has 3 rings (SSSR count). The van der Waals surface area contributed by atoms with Gasteiger partial charge in [0.05, 0.1) is 17.1 Å². The van der Waals surface area contributed by atoms with Crippen molar-refractivity contribution in [3.05, 3.63) is 40.7 Å². The summed E-state index contributed by atoms with van der Waals surface area (Å²) in [7, 11) is 2.11. The van der Waals surface area contributed by atoms with Crippen LogP contribution in [0.1, 0.15) is 11.4 Å². The number of rotatable bonds is 3. The van der Waals surface area contributed by atoms with Gasteiger partial charge < -0.3 is 20.4 Å². The van der Waals surface area contributed by atoms with Crippen molar-refractivity contribution in [2.45, 2.75) is 13.8 Å². The Morgan fingerprint density at radius 2 is 1.73 bits per heavy atom. The van der Waals surface area contributed by atoms with Crippen LogP contribution in [0.15, 0.2) is 24.3 Å². The van der Waals surface area contributed by atoms with E-state index in [1.54, 1.807) is 24.3 Å². The number of anilines is 3. The fraction of sp³-hybridized carbons (Fsp3) is 0.389. The molecule has 1 aliphatic rings. The zero-order valence-electron chi connectivity index (χ0n) is 15.2. The zero-order valence-corrected chi connectivity index (χ0v) is 16.0. The molecule has 2 amide bonds.